The molecule has 1 aliphatic carbocycles. The molecule has 2 atom stereocenters. The number of hydrogen-bond acceptors (Lipinski definition) is 4. The highest BCUT2D eigenvalue weighted by Gasteiger charge is 2.52. The summed E-state index contributed by atoms with van der Waals surface area (Å²) in [6.07, 6.45) is 5.72. The molecule has 0 amide bonds. The zero-order valence-electron chi connectivity index (χ0n) is 10.2. The van der Waals surface area contributed by atoms with E-state index in [2.05, 4.69) is 11.9 Å². The van der Waals surface area contributed by atoms with Gasteiger partial charge in [0.15, 0.2) is 0 Å². The summed E-state index contributed by atoms with van der Waals surface area (Å²) in [7, 11) is 3.58. The van der Waals surface area contributed by atoms with Crippen LogP contribution in [0.3, 0.4) is 0 Å². The van der Waals surface area contributed by atoms with E-state index in [9.17, 15) is 4.79 Å². The van der Waals surface area contributed by atoms with Gasteiger partial charge in [0.2, 0.25) is 0 Å². The first-order chi connectivity index (χ1) is 7.59. The summed E-state index contributed by atoms with van der Waals surface area (Å²) in [5, 5.41) is 0. The number of carbonyl (C=O) groups is 1. The van der Waals surface area contributed by atoms with Gasteiger partial charge in [0.05, 0.1) is 7.11 Å². The van der Waals surface area contributed by atoms with Crippen LogP contribution in [0.15, 0.2) is 0 Å². The Morgan fingerprint density at radius 3 is 2.75 bits per heavy atom. The number of esters is 1. The Bertz CT molecular complexity index is 276. The van der Waals surface area contributed by atoms with Gasteiger partial charge in [-0.05, 0) is 51.1 Å². The van der Waals surface area contributed by atoms with Crippen LogP contribution in [0.5, 0.6) is 0 Å². The number of nitrogens with two attached hydrogens (primary N) is 1. The van der Waals surface area contributed by atoms with Gasteiger partial charge in [0, 0.05) is 6.04 Å². The van der Waals surface area contributed by atoms with Crippen molar-refractivity contribution in [3.8, 4) is 0 Å². The predicted octanol–water partition coefficient (Wildman–Crippen LogP) is 0.751. The first-order valence-electron chi connectivity index (χ1n) is 6.13. The molecule has 2 fully saturated rings. The fourth-order valence-electron chi connectivity index (χ4n) is 2.89. The highest BCUT2D eigenvalue weighted by molar-refractivity contribution is 5.77. The minimum atomic E-state index is -0.425. The molecule has 2 N–H and O–H groups in total. The molecule has 16 heavy (non-hydrogen) atoms. The molecule has 0 aromatic carbocycles. The lowest BCUT2D eigenvalue weighted by Crippen LogP contribution is -2.43. The van der Waals surface area contributed by atoms with Crippen molar-refractivity contribution in [1.82, 2.24) is 4.90 Å². The highest BCUT2D eigenvalue weighted by Crippen LogP contribution is 2.53. The van der Waals surface area contributed by atoms with Crippen LogP contribution >= 0.6 is 0 Å². The van der Waals surface area contributed by atoms with Crippen molar-refractivity contribution in [3.63, 3.8) is 0 Å². The summed E-state index contributed by atoms with van der Waals surface area (Å²) >= 11 is 0. The second-order valence-corrected chi connectivity index (χ2v) is 5.34. The van der Waals surface area contributed by atoms with Crippen LogP contribution in [-0.4, -0.2) is 43.7 Å². The van der Waals surface area contributed by atoms with Crippen molar-refractivity contribution in [1.29, 1.82) is 0 Å². The van der Waals surface area contributed by atoms with Crippen LogP contribution in [-0.2, 0) is 9.53 Å². The molecule has 0 spiro atoms. The molecule has 4 heteroatoms. The fraction of sp³-hybridized carbons (Fsp3) is 0.917. The monoisotopic (exact) mass is 226 g/mol. The maximum atomic E-state index is 11.5. The molecule has 0 radical (unpaired) electrons. The van der Waals surface area contributed by atoms with Gasteiger partial charge in [-0.1, -0.05) is 0 Å². The van der Waals surface area contributed by atoms with Crippen molar-refractivity contribution < 1.29 is 9.53 Å². The molecule has 0 aromatic rings. The minimum Gasteiger partial charge on any atom is -0.468 e. The average molecular weight is 226 g/mol. The topological polar surface area (TPSA) is 55.6 Å². The molecular weight excluding hydrogens is 204 g/mol. The molecule has 2 rings (SSSR count). The third-order valence-corrected chi connectivity index (χ3v) is 4.32. The van der Waals surface area contributed by atoms with E-state index in [4.69, 9.17) is 10.5 Å². The van der Waals surface area contributed by atoms with Crippen LogP contribution in [0.25, 0.3) is 0 Å². The maximum absolute atomic E-state index is 11.5. The Morgan fingerprint density at radius 2 is 2.31 bits per heavy atom. The Labute approximate surface area is 97.1 Å². The molecule has 2 aliphatic rings. The summed E-state index contributed by atoms with van der Waals surface area (Å²) in [5.74, 6) is -0.252. The number of hydrogen-bond donors (Lipinski definition) is 1. The first-order valence-corrected chi connectivity index (χ1v) is 6.13. The van der Waals surface area contributed by atoms with E-state index in [1.165, 1.54) is 26.5 Å². The third kappa shape index (κ3) is 2.09. The van der Waals surface area contributed by atoms with E-state index >= 15 is 0 Å². The minimum absolute atomic E-state index is 0.0381. The number of rotatable bonds is 4. The maximum Gasteiger partial charge on any atom is 0.323 e. The van der Waals surface area contributed by atoms with Gasteiger partial charge in [-0.15, -0.1) is 0 Å². The van der Waals surface area contributed by atoms with Crippen molar-refractivity contribution >= 4 is 5.97 Å². The number of likely N-dealkylation sites (tertiary alicyclic amines) is 1. The normalized spacial score (nSPS) is 30.1. The Morgan fingerprint density at radius 1 is 1.62 bits per heavy atom. The van der Waals surface area contributed by atoms with E-state index < -0.39 is 6.04 Å². The summed E-state index contributed by atoms with van der Waals surface area (Å²) < 4.78 is 4.75. The van der Waals surface area contributed by atoms with Gasteiger partial charge in [-0.2, -0.15) is 0 Å². The summed E-state index contributed by atoms with van der Waals surface area (Å²) in [5.41, 5.74) is 6.04. The van der Waals surface area contributed by atoms with E-state index in [0.29, 0.717) is 6.04 Å². The van der Waals surface area contributed by atoms with Gasteiger partial charge in [-0.3, -0.25) is 4.79 Å². The van der Waals surface area contributed by atoms with Crippen molar-refractivity contribution in [2.24, 2.45) is 11.1 Å². The Balaban J connectivity index is 1.95. The zero-order chi connectivity index (χ0) is 11.8. The average Bonchev–Trinajstić information content (AvgIpc) is 2.96. The smallest absolute Gasteiger partial charge is 0.323 e. The van der Waals surface area contributed by atoms with Crippen molar-refractivity contribution in [2.45, 2.75) is 44.2 Å². The van der Waals surface area contributed by atoms with E-state index in [-0.39, 0.29) is 11.4 Å². The Hall–Kier alpha value is -0.610. The SMILES string of the molecule is COC(=O)C(N)C1(CC2CCCN2C)CC1. The van der Waals surface area contributed by atoms with E-state index in [1.54, 1.807) is 0 Å². The largest absolute Gasteiger partial charge is 0.468 e. The van der Waals surface area contributed by atoms with Crippen LogP contribution in [0.4, 0.5) is 0 Å². The summed E-state index contributed by atoms with van der Waals surface area (Å²) in [6, 6.07) is 0.185. The van der Waals surface area contributed by atoms with Crippen LogP contribution in [0.2, 0.25) is 0 Å². The Kier molecular flexibility index (Phi) is 3.22. The molecule has 2 unspecified atom stereocenters. The van der Waals surface area contributed by atoms with E-state index in [1.807, 2.05) is 0 Å². The van der Waals surface area contributed by atoms with Gasteiger partial charge in [-0.25, -0.2) is 0 Å². The standard InChI is InChI=1S/C12H22N2O2/c1-14-7-3-4-9(14)8-12(5-6-12)10(13)11(15)16-2/h9-10H,3-8,13H2,1-2H3. The van der Waals surface area contributed by atoms with Gasteiger partial charge < -0.3 is 15.4 Å². The van der Waals surface area contributed by atoms with Crippen LogP contribution in [0.1, 0.15) is 32.1 Å². The second kappa shape index (κ2) is 4.34. The van der Waals surface area contributed by atoms with Gasteiger partial charge >= 0.3 is 5.97 Å². The molecule has 1 saturated heterocycles. The van der Waals surface area contributed by atoms with Gasteiger partial charge in [0.25, 0.3) is 0 Å². The molecule has 4 nitrogen and oxygen atoms in total. The van der Waals surface area contributed by atoms with Crippen LogP contribution in [0, 0.1) is 5.41 Å². The molecule has 0 bridgehead atoms. The zero-order valence-corrected chi connectivity index (χ0v) is 10.2. The fourth-order valence-corrected chi connectivity index (χ4v) is 2.89. The number of methoxy groups -OCH3 is 1. The number of carbonyl (C=O) groups excluding carboxylic acids is 1. The van der Waals surface area contributed by atoms with Crippen molar-refractivity contribution in [3.05, 3.63) is 0 Å². The lowest BCUT2D eigenvalue weighted by Gasteiger charge is -2.27. The highest BCUT2D eigenvalue weighted by atomic mass is 16.5. The molecule has 0 aromatic heterocycles. The second-order valence-electron chi connectivity index (χ2n) is 5.34. The number of nitrogens with zero attached hydrogens (tertiary/aromatic N) is 1. The quantitative estimate of drug-likeness (QED) is 0.719. The molecule has 1 heterocycles. The third-order valence-electron chi connectivity index (χ3n) is 4.32. The first kappa shape index (κ1) is 11.9. The lowest BCUT2D eigenvalue weighted by atomic mass is 9.88. The van der Waals surface area contributed by atoms with E-state index in [0.717, 1.165) is 19.3 Å². The van der Waals surface area contributed by atoms with Gasteiger partial charge in [0.1, 0.15) is 6.04 Å². The van der Waals surface area contributed by atoms with Crippen LogP contribution < -0.4 is 5.73 Å². The lowest BCUT2D eigenvalue weighted by molar-refractivity contribution is -0.144. The molecular formula is C12H22N2O2. The molecule has 1 aliphatic heterocycles. The number of ether oxygens (including phenoxy) is 1. The molecule has 92 valence electrons. The summed E-state index contributed by atoms with van der Waals surface area (Å²) in [4.78, 5) is 13.9. The molecule has 1 saturated carbocycles. The van der Waals surface area contributed by atoms with Crippen molar-refractivity contribution in [2.75, 3.05) is 20.7 Å². The predicted molar refractivity (Wildman–Crippen MR) is 61.9 cm³/mol. The summed E-state index contributed by atoms with van der Waals surface area (Å²) in [6.45, 7) is 1.17.